The normalized spacial score (nSPS) is 16.5. The van der Waals surface area contributed by atoms with Crippen molar-refractivity contribution in [3.05, 3.63) is 70.5 Å². The molecule has 1 unspecified atom stereocenters. The fourth-order valence-electron chi connectivity index (χ4n) is 3.81. The summed E-state index contributed by atoms with van der Waals surface area (Å²) in [5.41, 5.74) is 0.842. The summed E-state index contributed by atoms with van der Waals surface area (Å²) in [4.78, 5) is 26.2. The molecule has 0 bridgehead atoms. The van der Waals surface area contributed by atoms with Crippen LogP contribution in [0.5, 0.6) is 0 Å². The number of likely N-dealkylation sites (tertiary alicyclic amines) is 1. The summed E-state index contributed by atoms with van der Waals surface area (Å²) >= 11 is 0. The van der Waals surface area contributed by atoms with Gasteiger partial charge in [0.05, 0.1) is 12.1 Å². The van der Waals surface area contributed by atoms with Crippen molar-refractivity contribution >= 4 is 11.7 Å². The molecule has 1 N–H and O–H groups in total. The lowest BCUT2D eigenvalue weighted by molar-refractivity contribution is -0.131. The highest BCUT2D eigenvalue weighted by Crippen LogP contribution is 2.30. The third-order valence-electron chi connectivity index (χ3n) is 5.47. The number of carbonyl (C=O) groups is 2. The van der Waals surface area contributed by atoms with Crippen molar-refractivity contribution < 1.29 is 22.8 Å². The van der Waals surface area contributed by atoms with Crippen LogP contribution in [0.3, 0.4) is 0 Å². The summed E-state index contributed by atoms with van der Waals surface area (Å²) in [5.74, 6) is -2.39. The van der Waals surface area contributed by atoms with E-state index in [2.05, 4.69) is 5.32 Å². The molecule has 2 aromatic carbocycles. The van der Waals surface area contributed by atoms with E-state index < -0.39 is 17.5 Å². The van der Waals surface area contributed by atoms with E-state index in [0.717, 1.165) is 18.9 Å². The van der Waals surface area contributed by atoms with Gasteiger partial charge in [-0.15, -0.1) is 0 Å². The highest BCUT2D eigenvalue weighted by Gasteiger charge is 2.27. The standard InChI is InChI=1S/C23H25F3N2O2/c1-2-21(29)19-7-3-6-18(23(19)26)16-5-4-10-28(14-16)22(30)13-27-12-15-8-9-17(24)11-20(15)25/h3,6-9,11,16,27H,2,4-5,10,12-14H2,1H3. The van der Waals surface area contributed by atoms with E-state index in [1.807, 2.05) is 0 Å². The van der Waals surface area contributed by atoms with E-state index in [0.29, 0.717) is 18.7 Å². The highest BCUT2D eigenvalue weighted by atomic mass is 19.1. The van der Waals surface area contributed by atoms with Gasteiger partial charge in [0, 0.05) is 43.6 Å². The molecule has 160 valence electrons. The van der Waals surface area contributed by atoms with Gasteiger partial charge in [0.15, 0.2) is 5.78 Å². The molecule has 0 radical (unpaired) electrons. The second-order valence-corrected chi connectivity index (χ2v) is 7.50. The number of amides is 1. The Labute approximate surface area is 174 Å². The Hall–Kier alpha value is -2.67. The molecule has 7 heteroatoms. The summed E-state index contributed by atoms with van der Waals surface area (Å²) in [7, 11) is 0. The van der Waals surface area contributed by atoms with Gasteiger partial charge in [-0.2, -0.15) is 0 Å². The molecule has 1 fully saturated rings. The van der Waals surface area contributed by atoms with Crippen molar-refractivity contribution in [3.8, 4) is 0 Å². The molecular formula is C23H25F3N2O2. The molecule has 1 aliphatic rings. The smallest absolute Gasteiger partial charge is 0.236 e. The number of nitrogens with zero attached hydrogens (tertiary/aromatic N) is 1. The Morgan fingerprint density at radius 3 is 2.70 bits per heavy atom. The number of halogens is 3. The van der Waals surface area contributed by atoms with Gasteiger partial charge in [0.25, 0.3) is 0 Å². The zero-order valence-corrected chi connectivity index (χ0v) is 16.9. The lowest BCUT2D eigenvalue weighted by Crippen LogP contribution is -2.43. The Bertz CT molecular complexity index is 933. The molecular weight excluding hydrogens is 393 g/mol. The van der Waals surface area contributed by atoms with Crippen LogP contribution in [0.15, 0.2) is 36.4 Å². The largest absolute Gasteiger partial charge is 0.341 e. The molecule has 0 saturated carbocycles. The molecule has 0 aromatic heterocycles. The van der Waals surface area contributed by atoms with Crippen LogP contribution in [0.2, 0.25) is 0 Å². The molecule has 0 aliphatic carbocycles. The van der Waals surface area contributed by atoms with E-state index in [4.69, 9.17) is 0 Å². The van der Waals surface area contributed by atoms with E-state index in [9.17, 15) is 22.8 Å². The van der Waals surface area contributed by atoms with Crippen molar-refractivity contribution in [2.24, 2.45) is 0 Å². The molecule has 1 atom stereocenters. The average Bonchev–Trinajstić information content (AvgIpc) is 2.75. The van der Waals surface area contributed by atoms with Crippen LogP contribution in [0.1, 0.15) is 53.6 Å². The number of ketones is 1. The summed E-state index contributed by atoms with van der Waals surface area (Å²) in [6.45, 7) is 2.73. The number of rotatable bonds is 7. The third kappa shape index (κ3) is 5.08. The maximum Gasteiger partial charge on any atom is 0.236 e. The van der Waals surface area contributed by atoms with Crippen LogP contribution in [0.4, 0.5) is 13.2 Å². The summed E-state index contributed by atoms with van der Waals surface area (Å²) < 4.78 is 41.5. The Morgan fingerprint density at radius 1 is 1.17 bits per heavy atom. The van der Waals surface area contributed by atoms with Crippen LogP contribution in [0.25, 0.3) is 0 Å². The maximum absolute atomic E-state index is 14.9. The summed E-state index contributed by atoms with van der Waals surface area (Å²) in [6, 6.07) is 8.17. The molecule has 1 amide bonds. The Morgan fingerprint density at radius 2 is 1.97 bits per heavy atom. The third-order valence-corrected chi connectivity index (χ3v) is 5.47. The summed E-state index contributed by atoms with van der Waals surface area (Å²) in [5, 5.41) is 2.88. The number of benzene rings is 2. The number of Topliss-reactive ketones (excluding diaryl/α,β-unsaturated/α-hetero) is 1. The molecule has 3 rings (SSSR count). The van der Waals surface area contributed by atoms with Crippen molar-refractivity contribution in [1.29, 1.82) is 0 Å². The first-order valence-corrected chi connectivity index (χ1v) is 10.1. The number of hydrogen-bond donors (Lipinski definition) is 1. The van der Waals surface area contributed by atoms with Crippen LogP contribution >= 0.6 is 0 Å². The molecule has 30 heavy (non-hydrogen) atoms. The number of piperidine rings is 1. The number of carbonyl (C=O) groups excluding carboxylic acids is 2. The second-order valence-electron chi connectivity index (χ2n) is 7.50. The van der Waals surface area contributed by atoms with Gasteiger partial charge >= 0.3 is 0 Å². The van der Waals surface area contributed by atoms with Crippen molar-refractivity contribution in [3.63, 3.8) is 0 Å². The second kappa shape index (κ2) is 9.89. The van der Waals surface area contributed by atoms with Gasteiger partial charge in [0.1, 0.15) is 17.5 Å². The molecule has 1 heterocycles. The fourth-order valence-corrected chi connectivity index (χ4v) is 3.81. The first-order chi connectivity index (χ1) is 14.4. The van der Waals surface area contributed by atoms with Gasteiger partial charge in [0.2, 0.25) is 5.91 Å². The van der Waals surface area contributed by atoms with E-state index in [-0.39, 0.29) is 48.2 Å². The van der Waals surface area contributed by atoms with Crippen molar-refractivity contribution in [2.75, 3.05) is 19.6 Å². The number of nitrogens with one attached hydrogen (secondary N) is 1. The fraction of sp³-hybridized carbons (Fsp3) is 0.391. The van der Waals surface area contributed by atoms with Crippen LogP contribution in [0, 0.1) is 17.5 Å². The first-order valence-electron chi connectivity index (χ1n) is 10.1. The Kier molecular flexibility index (Phi) is 7.26. The highest BCUT2D eigenvalue weighted by molar-refractivity contribution is 5.96. The lowest BCUT2D eigenvalue weighted by Gasteiger charge is -2.33. The SMILES string of the molecule is CCC(=O)c1cccc(C2CCCN(C(=O)CNCc3ccc(F)cc3F)C2)c1F. The van der Waals surface area contributed by atoms with Crippen LogP contribution in [-0.4, -0.2) is 36.2 Å². The van der Waals surface area contributed by atoms with Gasteiger partial charge in [-0.05, 0) is 30.5 Å². The van der Waals surface area contributed by atoms with E-state index in [1.165, 1.54) is 18.2 Å². The lowest BCUT2D eigenvalue weighted by atomic mass is 9.88. The van der Waals surface area contributed by atoms with Gasteiger partial charge in [-0.1, -0.05) is 25.1 Å². The summed E-state index contributed by atoms with van der Waals surface area (Å²) in [6.07, 6.45) is 1.70. The zero-order valence-electron chi connectivity index (χ0n) is 16.9. The van der Waals surface area contributed by atoms with E-state index >= 15 is 0 Å². The molecule has 4 nitrogen and oxygen atoms in total. The monoisotopic (exact) mass is 418 g/mol. The Balaban J connectivity index is 1.60. The average molecular weight is 418 g/mol. The van der Waals surface area contributed by atoms with Crippen LogP contribution < -0.4 is 5.32 Å². The minimum atomic E-state index is -0.662. The minimum Gasteiger partial charge on any atom is -0.341 e. The van der Waals surface area contributed by atoms with Crippen LogP contribution in [-0.2, 0) is 11.3 Å². The molecule has 2 aromatic rings. The van der Waals surface area contributed by atoms with Gasteiger partial charge in [-0.3, -0.25) is 9.59 Å². The van der Waals surface area contributed by atoms with Gasteiger partial charge < -0.3 is 10.2 Å². The zero-order chi connectivity index (χ0) is 21.7. The first kappa shape index (κ1) is 22.0. The van der Waals surface area contributed by atoms with E-state index in [1.54, 1.807) is 24.0 Å². The minimum absolute atomic E-state index is 0.000376. The van der Waals surface area contributed by atoms with Gasteiger partial charge in [-0.25, -0.2) is 13.2 Å². The number of hydrogen-bond acceptors (Lipinski definition) is 3. The topological polar surface area (TPSA) is 49.4 Å². The predicted molar refractivity (Wildman–Crippen MR) is 108 cm³/mol. The molecule has 0 spiro atoms. The maximum atomic E-state index is 14.9. The molecule has 1 aliphatic heterocycles. The quantitative estimate of drug-likeness (QED) is 0.686. The molecule has 1 saturated heterocycles. The van der Waals surface area contributed by atoms with Crippen molar-refractivity contribution in [1.82, 2.24) is 10.2 Å². The van der Waals surface area contributed by atoms with Crippen molar-refractivity contribution in [2.45, 2.75) is 38.6 Å². The predicted octanol–water partition coefficient (Wildman–Crippen LogP) is 4.19.